The third-order valence-electron chi connectivity index (χ3n) is 5.99. The number of aliphatic imine (C=N–C) groups is 1. The molecule has 2 unspecified atom stereocenters. The number of pyridine rings is 1. The van der Waals surface area contributed by atoms with Gasteiger partial charge in [-0.05, 0) is 17.2 Å². The average Bonchev–Trinajstić information content (AvgIpc) is 3.17. The largest absolute Gasteiger partial charge is 0.474 e. The van der Waals surface area contributed by atoms with E-state index in [1.165, 1.54) is 0 Å². The average molecular weight is 423 g/mol. The number of ether oxygens (including phenoxy) is 3. The first-order valence-electron chi connectivity index (χ1n) is 11.0. The minimum Gasteiger partial charge on any atom is -0.474 e. The van der Waals surface area contributed by atoms with Gasteiger partial charge >= 0.3 is 0 Å². The highest BCUT2D eigenvalue weighted by Gasteiger charge is 2.28. The summed E-state index contributed by atoms with van der Waals surface area (Å²) < 4.78 is 17.0. The van der Waals surface area contributed by atoms with Crippen molar-refractivity contribution in [2.75, 3.05) is 26.9 Å². The topological polar surface area (TPSA) is 70.0 Å². The molecule has 0 saturated carbocycles. The van der Waals surface area contributed by atoms with Crippen LogP contribution in [0.2, 0.25) is 0 Å². The van der Waals surface area contributed by atoms with Gasteiger partial charge in [0.2, 0.25) is 5.90 Å². The van der Waals surface area contributed by atoms with Gasteiger partial charge in [0.05, 0.1) is 31.9 Å². The standard InChI is InChI=1S/C25H30N2O4/c1-17-15-30-9-8-24(17)31-25-23-14-26-21(10-19(23)13-27-25)12-22(28)11-20(16-29-2)18-6-4-3-5-7-18/h3-7,10,14,17,20,24H,8-9,11-13,15-16H2,1-2H3/t17?,20-,24?/m1/s1. The van der Waals surface area contributed by atoms with Crippen LogP contribution in [0, 0.1) is 5.92 Å². The molecular formula is C25H30N2O4. The maximum absolute atomic E-state index is 12.8. The summed E-state index contributed by atoms with van der Waals surface area (Å²) in [5.41, 5.74) is 3.92. The summed E-state index contributed by atoms with van der Waals surface area (Å²) in [4.78, 5) is 21.9. The molecule has 0 N–H and O–H groups in total. The molecule has 0 spiro atoms. The Balaban J connectivity index is 1.38. The third kappa shape index (κ3) is 5.38. The minimum absolute atomic E-state index is 0.0536. The number of aromatic nitrogens is 1. The van der Waals surface area contributed by atoms with E-state index in [4.69, 9.17) is 14.2 Å². The van der Waals surface area contributed by atoms with Gasteiger partial charge in [0.25, 0.3) is 0 Å². The van der Waals surface area contributed by atoms with Crippen LogP contribution in [-0.2, 0) is 32.0 Å². The Labute approximate surface area is 183 Å². The van der Waals surface area contributed by atoms with E-state index in [1.54, 1.807) is 13.3 Å². The van der Waals surface area contributed by atoms with Crippen LogP contribution in [0.3, 0.4) is 0 Å². The molecule has 31 heavy (non-hydrogen) atoms. The van der Waals surface area contributed by atoms with Crippen LogP contribution in [-0.4, -0.2) is 49.7 Å². The summed E-state index contributed by atoms with van der Waals surface area (Å²) in [5, 5.41) is 0. The number of methoxy groups -OCH3 is 1. The number of carbonyl (C=O) groups is 1. The predicted molar refractivity (Wildman–Crippen MR) is 118 cm³/mol. The lowest BCUT2D eigenvalue weighted by Crippen LogP contribution is -2.34. The highest BCUT2D eigenvalue weighted by atomic mass is 16.5. The van der Waals surface area contributed by atoms with Crippen molar-refractivity contribution in [3.8, 4) is 0 Å². The number of fused-ring (bicyclic) bond motifs is 1. The Morgan fingerprint density at radius 3 is 2.90 bits per heavy atom. The van der Waals surface area contributed by atoms with E-state index >= 15 is 0 Å². The van der Waals surface area contributed by atoms with Crippen LogP contribution < -0.4 is 0 Å². The number of ketones is 1. The van der Waals surface area contributed by atoms with Gasteiger partial charge in [0.15, 0.2) is 0 Å². The van der Waals surface area contributed by atoms with Crippen molar-refractivity contribution in [3.05, 3.63) is 65.0 Å². The van der Waals surface area contributed by atoms with E-state index in [9.17, 15) is 4.79 Å². The molecule has 0 bridgehead atoms. The van der Waals surface area contributed by atoms with Crippen molar-refractivity contribution in [1.82, 2.24) is 4.98 Å². The molecule has 6 nitrogen and oxygen atoms in total. The van der Waals surface area contributed by atoms with E-state index in [0.29, 0.717) is 37.8 Å². The number of nitrogens with zero attached hydrogens (tertiary/aromatic N) is 2. The van der Waals surface area contributed by atoms with Crippen molar-refractivity contribution in [2.24, 2.45) is 10.9 Å². The summed E-state index contributed by atoms with van der Waals surface area (Å²) in [6.07, 6.45) is 3.55. The number of Topliss-reactive ketones (excluding diaryl/α,β-unsaturated/α-hetero) is 1. The lowest BCUT2D eigenvalue weighted by molar-refractivity contribution is -0.119. The summed E-state index contributed by atoms with van der Waals surface area (Å²) in [6.45, 7) is 4.67. The van der Waals surface area contributed by atoms with Gasteiger partial charge in [-0.1, -0.05) is 37.3 Å². The van der Waals surface area contributed by atoms with E-state index in [0.717, 1.165) is 42.0 Å². The molecule has 0 aliphatic carbocycles. The fourth-order valence-corrected chi connectivity index (χ4v) is 4.24. The summed E-state index contributed by atoms with van der Waals surface area (Å²) in [7, 11) is 1.67. The number of rotatable bonds is 8. The zero-order chi connectivity index (χ0) is 21.6. The molecule has 3 atom stereocenters. The van der Waals surface area contributed by atoms with Crippen LogP contribution in [0.15, 0.2) is 47.6 Å². The predicted octanol–water partition coefficient (Wildman–Crippen LogP) is 3.72. The zero-order valence-corrected chi connectivity index (χ0v) is 18.3. The lowest BCUT2D eigenvalue weighted by atomic mass is 9.93. The summed E-state index contributed by atoms with van der Waals surface area (Å²) in [6, 6.07) is 12.0. The molecule has 3 heterocycles. The second-order valence-corrected chi connectivity index (χ2v) is 8.43. The van der Waals surface area contributed by atoms with Gasteiger partial charge in [0, 0.05) is 50.1 Å². The number of benzene rings is 1. The van der Waals surface area contributed by atoms with Crippen LogP contribution in [0.4, 0.5) is 0 Å². The SMILES string of the molecule is COC[C@@H](CC(=O)Cc1cc2c(cn1)C(OC1CCOCC1C)=NC2)c1ccccc1. The number of carbonyl (C=O) groups excluding carboxylic acids is 1. The maximum Gasteiger partial charge on any atom is 0.218 e. The van der Waals surface area contributed by atoms with Gasteiger partial charge in [-0.2, -0.15) is 0 Å². The first-order valence-corrected chi connectivity index (χ1v) is 11.0. The molecule has 2 aromatic rings. The molecule has 0 radical (unpaired) electrons. The smallest absolute Gasteiger partial charge is 0.218 e. The van der Waals surface area contributed by atoms with E-state index in [1.807, 2.05) is 36.4 Å². The zero-order valence-electron chi connectivity index (χ0n) is 18.3. The Morgan fingerprint density at radius 2 is 2.13 bits per heavy atom. The van der Waals surface area contributed by atoms with Crippen LogP contribution in [0.25, 0.3) is 0 Å². The van der Waals surface area contributed by atoms with Crippen LogP contribution in [0.5, 0.6) is 0 Å². The molecule has 164 valence electrons. The maximum atomic E-state index is 12.8. The normalized spacial score (nSPS) is 21.3. The van der Waals surface area contributed by atoms with Crippen LogP contribution in [0.1, 0.15) is 48.1 Å². The van der Waals surface area contributed by atoms with Crippen LogP contribution >= 0.6 is 0 Å². The Hall–Kier alpha value is -2.57. The molecule has 6 heteroatoms. The van der Waals surface area contributed by atoms with Crippen molar-refractivity contribution in [3.63, 3.8) is 0 Å². The fourth-order valence-electron chi connectivity index (χ4n) is 4.24. The van der Waals surface area contributed by atoms with Gasteiger partial charge in [-0.15, -0.1) is 0 Å². The number of hydrogen-bond acceptors (Lipinski definition) is 6. The lowest BCUT2D eigenvalue weighted by Gasteiger charge is -2.29. The van der Waals surface area contributed by atoms with E-state index in [-0.39, 0.29) is 17.8 Å². The highest BCUT2D eigenvalue weighted by molar-refractivity contribution is 5.97. The first-order chi connectivity index (χ1) is 15.1. The fraction of sp³-hybridized carbons (Fsp3) is 0.480. The quantitative estimate of drug-likeness (QED) is 0.649. The van der Waals surface area contributed by atoms with Gasteiger partial charge in [0.1, 0.15) is 11.9 Å². The molecule has 1 saturated heterocycles. The minimum atomic E-state index is 0.0536. The summed E-state index contributed by atoms with van der Waals surface area (Å²) in [5.74, 6) is 1.22. The molecule has 4 rings (SSSR count). The second kappa shape index (κ2) is 10.2. The van der Waals surface area contributed by atoms with Crippen molar-refractivity contribution >= 4 is 11.7 Å². The monoisotopic (exact) mass is 422 g/mol. The molecule has 1 aromatic heterocycles. The molecule has 1 aromatic carbocycles. The molecule has 2 aliphatic heterocycles. The molecule has 1 fully saturated rings. The van der Waals surface area contributed by atoms with E-state index in [2.05, 4.69) is 16.9 Å². The Bertz CT molecular complexity index is 928. The van der Waals surface area contributed by atoms with Gasteiger partial charge < -0.3 is 14.2 Å². The first kappa shape index (κ1) is 21.7. The summed E-state index contributed by atoms with van der Waals surface area (Å²) >= 11 is 0. The Kier molecular flexibility index (Phi) is 7.10. The second-order valence-electron chi connectivity index (χ2n) is 8.43. The van der Waals surface area contributed by atoms with Gasteiger partial charge in [-0.3, -0.25) is 9.78 Å². The van der Waals surface area contributed by atoms with Crippen molar-refractivity contribution in [1.29, 1.82) is 0 Å². The van der Waals surface area contributed by atoms with E-state index < -0.39 is 0 Å². The van der Waals surface area contributed by atoms with Crippen molar-refractivity contribution < 1.29 is 19.0 Å². The van der Waals surface area contributed by atoms with Crippen molar-refractivity contribution in [2.45, 2.75) is 44.8 Å². The Morgan fingerprint density at radius 1 is 1.29 bits per heavy atom. The number of hydrogen-bond donors (Lipinski definition) is 0. The molecule has 2 aliphatic rings. The molecular weight excluding hydrogens is 392 g/mol. The third-order valence-corrected chi connectivity index (χ3v) is 5.99. The molecule has 0 amide bonds. The van der Waals surface area contributed by atoms with Gasteiger partial charge in [-0.25, -0.2) is 4.99 Å². The highest BCUT2D eigenvalue weighted by Crippen LogP contribution is 2.26.